The fourth-order valence-electron chi connectivity index (χ4n) is 12.3. The summed E-state index contributed by atoms with van der Waals surface area (Å²) < 4.78 is 12.9. The van der Waals surface area contributed by atoms with Gasteiger partial charge in [-0.15, -0.1) is 0 Å². The second-order valence-electron chi connectivity index (χ2n) is 19.3. The zero-order valence-electron chi connectivity index (χ0n) is 36.7. The third-order valence-corrected chi connectivity index (χ3v) is 15.3. The molecule has 8 atom stereocenters. The van der Waals surface area contributed by atoms with Gasteiger partial charge in [0.15, 0.2) is 0 Å². The number of hydrogen-bond acceptors (Lipinski definition) is 8. The topological polar surface area (TPSA) is 117 Å². The lowest BCUT2D eigenvalue weighted by atomic mass is 9.44. The van der Waals surface area contributed by atoms with E-state index in [0.29, 0.717) is 53.8 Å². The van der Waals surface area contributed by atoms with Gasteiger partial charge < -0.3 is 30.3 Å². The predicted octanol–water partition coefficient (Wildman–Crippen LogP) is 10.0. The summed E-state index contributed by atoms with van der Waals surface area (Å²) in [5, 5.41) is 29.1. The van der Waals surface area contributed by atoms with E-state index < -0.39 is 5.41 Å². The van der Waals surface area contributed by atoms with Crippen molar-refractivity contribution in [3.8, 4) is 16.9 Å². The van der Waals surface area contributed by atoms with Crippen molar-refractivity contribution in [3.63, 3.8) is 0 Å². The molecule has 3 aliphatic heterocycles. The summed E-state index contributed by atoms with van der Waals surface area (Å²) in [6.45, 7) is 8.67. The molecule has 3 aromatic rings. The molecule has 1 saturated carbocycles. The number of carbonyl (C=O) groups excluding carboxylic acids is 2. The molecule has 2 bridgehead atoms. The van der Waals surface area contributed by atoms with Crippen LogP contribution < -0.4 is 10.6 Å². The number of aliphatic hydroxyl groups excluding tert-OH is 1. The minimum absolute atomic E-state index is 0.0141. The van der Waals surface area contributed by atoms with Crippen LogP contribution in [-0.2, 0) is 25.5 Å². The first kappa shape index (κ1) is 42.5. The number of fused-ring (bicyclic) bond motifs is 1. The van der Waals surface area contributed by atoms with Gasteiger partial charge in [0.1, 0.15) is 17.3 Å². The first-order valence-electron chi connectivity index (χ1n) is 23.5. The van der Waals surface area contributed by atoms with Crippen molar-refractivity contribution < 1.29 is 29.3 Å². The summed E-state index contributed by atoms with van der Waals surface area (Å²) in [6, 6.07) is 26.2. The van der Waals surface area contributed by atoms with Crippen molar-refractivity contribution in [2.75, 3.05) is 19.7 Å². The summed E-state index contributed by atoms with van der Waals surface area (Å²) in [7, 11) is 0. The fourth-order valence-corrected chi connectivity index (χ4v) is 12.3. The third-order valence-electron chi connectivity index (χ3n) is 15.3. The predicted molar refractivity (Wildman–Crippen MR) is 243 cm³/mol. The van der Waals surface area contributed by atoms with E-state index in [2.05, 4.69) is 80.0 Å². The normalized spacial score (nSPS) is 28.9. The molecule has 10 rings (SSSR count). The number of aromatic hydroxyl groups is 1. The highest BCUT2D eigenvalue weighted by Crippen LogP contribution is 2.72. The lowest BCUT2D eigenvalue weighted by molar-refractivity contribution is -0.135. The van der Waals surface area contributed by atoms with Crippen LogP contribution in [0.4, 0.5) is 0 Å². The zero-order chi connectivity index (χ0) is 43.0. The van der Waals surface area contributed by atoms with Crippen LogP contribution >= 0.6 is 0 Å². The summed E-state index contributed by atoms with van der Waals surface area (Å²) in [6.07, 6.45) is 14.2. The van der Waals surface area contributed by atoms with Crippen LogP contribution in [0.15, 0.2) is 119 Å². The maximum Gasteiger partial charge on any atom is 0.340 e. The van der Waals surface area contributed by atoms with Gasteiger partial charge in [-0.3, -0.25) is 0 Å². The second kappa shape index (κ2) is 18.1. The number of carbonyl (C=O) groups is 2. The van der Waals surface area contributed by atoms with Gasteiger partial charge in [0.2, 0.25) is 0 Å². The van der Waals surface area contributed by atoms with Gasteiger partial charge in [0.05, 0.1) is 17.2 Å². The molecule has 7 aliphatic rings. The van der Waals surface area contributed by atoms with Gasteiger partial charge in [-0.2, -0.15) is 0 Å². The van der Waals surface area contributed by atoms with E-state index in [-0.39, 0.29) is 60.1 Å². The highest BCUT2D eigenvalue weighted by Gasteiger charge is 2.68. The summed E-state index contributed by atoms with van der Waals surface area (Å²) in [5.74, 6) is 1.77. The number of benzene rings is 3. The van der Waals surface area contributed by atoms with Crippen molar-refractivity contribution in [3.05, 3.63) is 130 Å². The molecule has 4 N–H and O–H groups in total. The molecule has 2 saturated heterocycles. The Balaban J connectivity index is 1.10. The number of phenolic OH excluding ortho intramolecular Hbond substituents is 1. The number of nitrogens with one attached hydrogen (secondary N) is 2. The summed E-state index contributed by atoms with van der Waals surface area (Å²) >= 11 is 0. The second-order valence-corrected chi connectivity index (χ2v) is 19.3. The average Bonchev–Trinajstić information content (AvgIpc) is 3.77. The van der Waals surface area contributed by atoms with E-state index in [1.165, 1.54) is 12.0 Å². The van der Waals surface area contributed by atoms with Crippen molar-refractivity contribution in [2.24, 2.45) is 46.8 Å². The smallest absolute Gasteiger partial charge is 0.340 e. The zero-order valence-corrected chi connectivity index (χ0v) is 36.7. The van der Waals surface area contributed by atoms with Crippen LogP contribution in [0, 0.1) is 46.8 Å². The molecular formula is C54H64N2O6. The number of hydrogen-bond donors (Lipinski definition) is 4. The van der Waals surface area contributed by atoms with Gasteiger partial charge in [0, 0.05) is 23.7 Å². The largest absolute Gasteiger partial charge is 0.508 e. The molecule has 4 aliphatic carbocycles. The van der Waals surface area contributed by atoms with E-state index in [9.17, 15) is 19.8 Å². The number of ether oxygens (including phenoxy) is 2. The maximum atomic E-state index is 14.8. The number of cyclic esters (lactones) is 2. The SMILES string of the molecule is CCC(C=C1OC(=O)C2=C(c3cc(O)ccc3-c3ccccc3)C3CCC12C1C2=C(CCC31)C(=CCC(CO)C1CCNC(NCCCC(C)C)C1)OC2=O)Cc1ccccc1. The fraction of sp³-hybridized carbons (Fsp3) is 0.481. The number of rotatable bonds is 15. The molecule has 0 amide bonds. The van der Waals surface area contributed by atoms with Gasteiger partial charge in [-0.05, 0) is 171 Å². The Morgan fingerprint density at radius 3 is 2.48 bits per heavy atom. The lowest BCUT2D eigenvalue weighted by Gasteiger charge is -2.56. The molecule has 3 aromatic carbocycles. The quantitative estimate of drug-likeness (QED) is 0.0884. The molecule has 326 valence electrons. The van der Waals surface area contributed by atoms with E-state index in [1.807, 2.05) is 36.4 Å². The number of allylic oxidation sites excluding steroid dienone is 5. The highest BCUT2D eigenvalue weighted by molar-refractivity contribution is 6.07. The lowest BCUT2D eigenvalue weighted by Crippen LogP contribution is -2.52. The molecule has 8 nitrogen and oxygen atoms in total. The first-order valence-corrected chi connectivity index (χ1v) is 23.5. The standard InChI is InChI=1S/C54H64N2O6/c1-4-34(28-35-13-7-5-8-14-35)29-46-54-25-23-41(48(51(54)53(60)62-46)44-31-39(58)18-19-40(44)36-15-9-6-10-16-36)42-20-21-43-45(61-52(59)49(43)50(42)54)22-17-38(32-57)37-24-27-56-47(30-37)55-26-11-12-33(2)3/h5-10,13-16,18-19,22,29,31,33-34,37-38,41-42,47,50,55-58H,4,11-12,17,20-21,23-28,30,32H2,1-3H3. The molecule has 62 heavy (non-hydrogen) atoms. The minimum atomic E-state index is -0.856. The minimum Gasteiger partial charge on any atom is -0.508 e. The van der Waals surface area contributed by atoms with Crippen molar-refractivity contribution in [1.29, 1.82) is 0 Å². The molecule has 8 heteroatoms. The summed E-state index contributed by atoms with van der Waals surface area (Å²) in [4.78, 5) is 29.3. The van der Waals surface area contributed by atoms with Gasteiger partial charge in [-0.1, -0.05) is 87.5 Å². The Bertz CT molecular complexity index is 2280. The average molecular weight is 837 g/mol. The molecule has 1 spiro atoms. The van der Waals surface area contributed by atoms with Crippen LogP contribution in [0.5, 0.6) is 5.75 Å². The number of esters is 2. The van der Waals surface area contributed by atoms with E-state index in [0.717, 1.165) is 85.9 Å². The highest BCUT2D eigenvalue weighted by atomic mass is 16.5. The third kappa shape index (κ3) is 7.92. The Morgan fingerprint density at radius 1 is 0.935 bits per heavy atom. The molecule has 8 unspecified atom stereocenters. The molecule has 0 aromatic heterocycles. The van der Waals surface area contributed by atoms with Crippen molar-refractivity contribution >= 4 is 17.5 Å². The first-order chi connectivity index (χ1) is 30.2. The number of phenols is 1. The molecule has 3 fully saturated rings. The van der Waals surface area contributed by atoms with Crippen LogP contribution in [0.25, 0.3) is 16.7 Å². The molecular weight excluding hydrogens is 773 g/mol. The number of aliphatic hydroxyl groups is 1. The molecule has 0 radical (unpaired) electrons. The van der Waals surface area contributed by atoms with Crippen LogP contribution in [0.3, 0.4) is 0 Å². The van der Waals surface area contributed by atoms with Gasteiger partial charge in [0.25, 0.3) is 0 Å². The van der Waals surface area contributed by atoms with Crippen LogP contribution in [0.1, 0.15) is 96.1 Å². The van der Waals surface area contributed by atoms with E-state index in [4.69, 9.17) is 9.47 Å². The van der Waals surface area contributed by atoms with E-state index in [1.54, 1.807) is 6.07 Å². The van der Waals surface area contributed by atoms with Crippen LogP contribution in [-0.4, -0.2) is 48.0 Å². The van der Waals surface area contributed by atoms with Crippen molar-refractivity contribution in [2.45, 2.75) is 97.6 Å². The Kier molecular flexibility index (Phi) is 12.5. The van der Waals surface area contributed by atoms with Gasteiger partial charge in [-0.25, -0.2) is 9.59 Å². The van der Waals surface area contributed by atoms with Crippen LogP contribution in [0.2, 0.25) is 0 Å². The number of piperidine rings is 1. The maximum absolute atomic E-state index is 14.8. The molecule has 3 heterocycles. The Hall–Kier alpha value is -4.76. The Labute approximate surface area is 367 Å². The summed E-state index contributed by atoms with van der Waals surface area (Å²) in [5.41, 5.74) is 6.49. The van der Waals surface area contributed by atoms with Crippen molar-refractivity contribution in [1.82, 2.24) is 10.6 Å². The monoisotopic (exact) mass is 836 g/mol. The Morgan fingerprint density at radius 2 is 1.73 bits per heavy atom. The van der Waals surface area contributed by atoms with Gasteiger partial charge >= 0.3 is 11.9 Å². The van der Waals surface area contributed by atoms with E-state index >= 15 is 0 Å².